The van der Waals surface area contributed by atoms with Gasteiger partial charge in [-0.15, -0.1) is 11.3 Å². The Bertz CT molecular complexity index is 616. The third-order valence-corrected chi connectivity index (χ3v) is 3.68. The predicted octanol–water partition coefficient (Wildman–Crippen LogP) is 3.59. The molecule has 4 nitrogen and oxygen atoms in total. The Balaban J connectivity index is 1.99. The Labute approximate surface area is 124 Å². The molecule has 0 saturated carbocycles. The number of carboxylic acid groups (broad SMARTS) is 1. The van der Waals surface area contributed by atoms with Gasteiger partial charge >= 0.3 is 12.6 Å². The van der Waals surface area contributed by atoms with Crippen molar-refractivity contribution in [1.29, 1.82) is 0 Å². The number of hydrogen-bond donors (Lipinski definition) is 2. The number of ether oxygens (including phenoxy) is 1. The van der Waals surface area contributed by atoms with Gasteiger partial charge < -0.3 is 15.2 Å². The summed E-state index contributed by atoms with van der Waals surface area (Å²) in [5.41, 5.74) is 0.464. The van der Waals surface area contributed by atoms with Crippen LogP contribution in [0.4, 0.5) is 14.5 Å². The maximum absolute atomic E-state index is 12.3. The number of alkyl halides is 2. The molecule has 2 aromatic rings. The lowest BCUT2D eigenvalue weighted by atomic mass is 10.3. The molecule has 21 heavy (non-hydrogen) atoms. The topological polar surface area (TPSA) is 58.6 Å². The van der Waals surface area contributed by atoms with Crippen LogP contribution in [0, 0.1) is 0 Å². The molecule has 0 aliphatic rings. The van der Waals surface area contributed by atoms with E-state index in [0.717, 1.165) is 9.75 Å². The van der Waals surface area contributed by atoms with Crippen LogP contribution in [0.25, 0.3) is 0 Å². The molecule has 7 heteroatoms. The average Bonchev–Trinajstić information content (AvgIpc) is 2.84. The van der Waals surface area contributed by atoms with Crippen molar-refractivity contribution in [3.05, 3.63) is 46.2 Å². The molecule has 0 fully saturated rings. The molecule has 0 aliphatic heterocycles. The van der Waals surface area contributed by atoms with Gasteiger partial charge in [-0.2, -0.15) is 8.78 Å². The highest BCUT2D eigenvalue weighted by Gasteiger charge is 2.09. The van der Waals surface area contributed by atoms with Crippen LogP contribution in [0.2, 0.25) is 0 Å². The minimum atomic E-state index is -2.88. The number of carboxylic acids is 1. The Kier molecular flexibility index (Phi) is 5.10. The zero-order chi connectivity index (χ0) is 15.2. The lowest BCUT2D eigenvalue weighted by Crippen LogP contribution is -2.06. The highest BCUT2D eigenvalue weighted by atomic mass is 32.1. The summed E-state index contributed by atoms with van der Waals surface area (Å²) in [5.74, 6) is -0.804. The molecule has 1 heterocycles. The molecule has 0 unspecified atom stereocenters. The van der Waals surface area contributed by atoms with Crippen molar-refractivity contribution in [3.63, 3.8) is 0 Å². The minimum absolute atomic E-state index is 0.0181. The van der Waals surface area contributed by atoms with Crippen molar-refractivity contribution in [2.75, 3.05) is 5.32 Å². The first-order chi connectivity index (χ1) is 10.0. The first-order valence-electron chi connectivity index (χ1n) is 6.11. The fourth-order valence-electron chi connectivity index (χ4n) is 1.76. The second-order valence-electron chi connectivity index (χ2n) is 4.17. The van der Waals surface area contributed by atoms with Crippen LogP contribution in [-0.4, -0.2) is 17.7 Å². The largest absolute Gasteiger partial charge is 0.481 e. The van der Waals surface area contributed by atoms with Gasteiger partial charge in [0.05, 0.1) is 12.1 Å². The van der Waals surface area contributed by atoms with Crippen LogP contribution in [0.5, 0.6) is 5.75 Å². The highest BCUT2D eigenvalue weighted by molar-refractivity contribution is 7.12. The molecule has 0 saturated heterocycles. The van der Waals surface area contributed by atoms with E-state index in [1.165, 1.54) is 17.4 Å². The van der Waals surface area contributed by atoms with Crippen molar-refractivity contribution in [1.82, 2.24) is 0 Å². The van der Waals surface area contributed by atoms with E-state index in [2.05, 4.69) is 10.1 Å². The van der Waals surface area contributed by atoms with E-state index in [1.54, 1.807) is 24.3 Å². The smallest absolute Gasteiger partial charge is 0.387 e. The van der Waals surface area contributed by atoms with Crippen molar-refractivity contribution in [2.24, 2.45) is 0 Å². The van der Waals surface area contributed by atoms with E-state index >= 15 is 0 Å². The van der Waals surface area contributed by atoms with Gasteiger partial charge in [-0.05, 0) is 24.3 Å². The average molecular weight is 313 g/mol. The summed E-state index contributed by atoms with van der Waals surface area (Å²) in [7, 11) is 0. The molecule has 0 atom stereocenters. The van der Waals surface area contributed by atoms with E-state index in [0.29, 0.717) is 12.2 Å². The van der Waals surface area contributed by atoms with Gasteiger partial charge in [0.2, 0.25) is 0 Å². The van der Waals surface area contributed by atoms with E-state index in [9.17, 15) is 13.6 Å². The zero-order valence-electron chi connectivity index (χ0n) is 10.9. The van der Waals surface area contributed by atoms with Crippen molar-refractivity contribution < 1.29 is 23.4 Å². The number of nitrogens with one attached hydrogen (secondary N) is 1. The zero-order valence-corrected chi connectivity index (χ0v) is 11.7. The van der Waals surface area contributed by atoms with Gasteiger partial charge in [0.15, 0.2) is 0 Å². The maximum Gasteiger partial charge on any atom is 0.387 e. The molecule has 1 aromatic carbocycles. The van der Waals surface area contributed by atoms with E-state index in [-0.39, 0.29) is 12.2 Å². The molecular weight excluding hydrogens is 300 g/mol. The molecule has 0 spiro atoms. The number of halogens is 2. The van der Waals surface area contributed by atoms with Gasteiger partial charge in [0.1, 0.15) is 5.75 Å². The van der Waals surface area contributed by atoms with Crippen molar-refractivity contribution in [3.8, 4) is 5.75 Å². The second-order valence-corrected chi connectivity index (χ2v) is 5.42. The van der Waals surface area contributed by atoms with Gasteiger partial charge in [-0.25, -0.2) is 0 Å². The number of thiophene rings is 1. The highest BCUT2D eigenvalue weighted by Crippen LogP contribution is 2.27. The summed E-state index contributed by atoms with van der Waals surface area (Å²) in [5, 5.41) is 11.7. The van der Waals surface area contributed by atoms with Crippen molar-refractivity contribution in [2.45, 2.75) is 19.6 Å². The second kappa shape index (κ2) is 7.03. The fourth-order valence-corrected chi connectivity index (χ4v) is 2.70. The number of aliphatic carboxylic acids is 1. The van der Waals surface area contributed by atoms with Crippen LogP contribution in [-0.2, 0) is 17.8 Å². The van der Waals surface area contributed by atoms with Crippen LogP contribution in [0.15, 0.2) is 36.4 Å². The van der Waals surface area contributed by atoms with Gasteiger partial charge in [0, 0.05) is 16.3 Å². The third-order valence-electron chi connectivity index (χ3n) is 2.60. The standard InChI is InChI=1S/C14H13F2NO3S/c15-14(16)20-12-4-2-1-3-11(12)17-8-10-6-5-9(21-10)7-13(18)19/h1-6,14,17H,7-8H2,(H,18,19). The van der Waals surface area contributed by atoms with Crippen LogP contribution < -0.4 is 10.1 Å². The Morgan fingerprint density at radius 2 is 1.95 bits per heavy atom. The van der Waals surface area contributed by atoms with Gasteiger partial charge in [-0.1, -0.05) is 12.1 Å². The first-order valence-corrected chi connectivity index (χ1v) is 6.93. The lowest BCUT2D eigenvalue weighted by molar-refractivity contribution is -0.136. The SMILES string of the molecule is O=C(O)Cc1ccc(CNc2ccccc2OC(F)F)s1. The molecule has 0 bridgehead atoms. The summed E-state index contributed by atoms with van der Waals surface area (Å²) in [6.45, 7) is -2.47. The molecule has 112 valence electrons. The maximum atomic E-state index is 12.3. The van der Waals surface area contributed by atoms with E-state index in [4.69, 9.17) is 5.11 Å². The van der Waals surface area contributed by atoms with Gasteiger partial charge in [0.25, 0.3) is 0 Å². The Morgan fingerprint density at radius 1 is 1.24 bits per heavy atom. The summed E-state index contributed by atoms with van der Waals surface area (Å²) in [6, 6.07) is 9.98. The van der Waals surface area contributed by atoms with Crippen molar-refractivity contribution >= 4 is 23.0 Å². The number of anilines is 1. The molecule has 0 amide bonds. The molecule has 1 aromatic heterocycles. The lowest BCUT2D eigenvalue weighted by Gasteiger charge is -2.11. The number of rotatable bonds is 7. The molecule has 0 radical (unpaired) electrons. The van der Waals surface area contributed by atoms with Crippen LogP contribution in [0.1, 0.15) is 9.75 Å². The summed E-state index contributed by atoms with van der Waals surface area (Å²) >= 11 is 1.37. The van der Waals surface area contributed by atoms with Gasteiger partial charge in [-0.3, -0.25) is 4.79 Å². The number of benzene rings is 1. The van der Waals surface area contributed by atoms with E-state index in [1.807, 2.05) is 6.07 Å². The number of hydrogen-bond acceptors (Lipinski definition) is 4. The summed E-state index contributed by atoms with van der Waals surface area (Å²) in [4.78, 5) is 12.3. The Hall–Kier alpha value is -2.15. The number of carbonyl (C=O) groups is 1. The van der Waals surface area contributed by atoms with E-state index < -0.39 is 12.6 Å². The normalized spacial score (nSPS) is 10.6. The quantitative estimate of drug-likeness (QED) is 0.820. The Morgan fingerprint density at radius 3 is 2.67 bits per heavy atom. The van der Waals surface area contributed by atoms with Crippen LogP contribution in [0.3, 0.4) is 0 Å². The molecular formula is C14H13F2NO3S. The first kappa shape index (κ1) is 15.2. The predicted molar refractivity (Wildman–Crippen MR) is 76.1 cm³/mol. The summed E-state index contributed by atoms with van der Waals surface area (Å²) < 4.78 is 29.0. The molecule has 0 aliphatic carbocycles. The number of para-hydroxylation sites is 2. The fraction of sp³-hybridized carbons (Fsp3) is 0.214. The minimum Gasteiger partial charge on any atom is -0.481 e. The van der Waals surface area contributed by atoms with Crippen LogP contribution >= 0.6 is 11.3 Å². The molecule has 2 rings (SSSR count). The monoisotopic (exact) mass is 313 g/mol. The summed E-state index contributed by atoms with van der Waals surface area (Å²) in [6.07, 6.45) is -0.0181. The third kappa shape index (κ3) is 4.71. The molecule has 2 N–H and O–H groups in total.